The third-order valence-electron chi connectivity index (χ3n) is 2.20. The molecule has 4 nitrogen and oxygen atoms in total. The number of benzene rings is 1. The summed E-state index contributed by atoms with van der Waals surface area (Å²) in [6, 6.07) is 6.64. The second-order valence-corrected chi connectivity index (χ2v) is 3.13. The number of fused-ring (bicyclic) bond motifs is 1. The van der Waals surface area contributed by atoms with Crippen molar-refractivity contribution < 1.29 is 8.81 Å². The smallest absolute Gasteiger partial charge is 0.263 e. The predicted molar refractivity (Wildman–Crippen MR) is 51.5 cm³/mol. The molecule has 0 amide bonds. The summed E-state index contributed by atoms with van der Waals surface area (Å²) in [7, 11) is 0. The highest BCUT2D eigenvalue weighted by atomic mass is 19.1. The summed E-state index contributed by atoms with van der Waals surface area (Å²) >= 11 is 0. The van der Waals surface area contributed by atoms with Crippen LogP contribution in [0.25, 0.3) is 22.5 Å². The van der Waals surface area contributed by atoms with E-state index in [1.807, 2.05) is 6.07 Å². The van der Waals surface area contributed by atoms with Gasteiger partial charge in [0.15, 0.2) is 0 Å². The number of aromatic amines is 1. The lowest BCUT2D eigenvalue weighted by atomic mass is 10.2. The first-order valence-electron chi connectivity index (χ1n) is 4.38. The summed E-state index contributed by atoms with van der Waals surface area (Å²) in [5.41, 5.74) is 1.07. The van der Waals surface area contributed by atoms with Crippen LogP contribution in [0.5, 0.6) is 0 Å². The number of para-hydroxylation sites is 1. The summed E-state index contributed by atoms with van der Waals surface area (Å²) in [6.07, 6.45) is 1.23. The van der Waals surface area contributed by atoms with E-state index in [-0.39, 0.29) is 5.82 Å². The molecule has 0 saturated carbocycles. The molecule has 3 aromatic rings. The number of rotatable bonds is 1. The first kappa shape index (κ1) is 8.16. The fourth-order valence-corrected chi connectivity index (χ4v) is 1.52. The molecule has 5 heteroatoms. The van der Waals surface area contributed by atoms with Gasteiger partial charge in [-0.3, -0.25) is 0 Å². The van der Waals surface area contributed by atoms with Gasteiger partial charge in [0.05, 0.1) is 5.52 Å². The lowest BCUT2D eigenvalue weighted by Crippen LogP contribution is -1.78. The Morgan fingerprint density at radius 2 is 2.27 bits per heavy atom. The van der Waals surface area contributed by atoms with Gasteiger partial charge in [-0.05, 0) is 12.1 Å². The average Bonchev–Trinajstić information content (AvgIpc) is 2.86. The lowest BCUT2D eigenvalue weighted by molar-refractivity contribution is 0.567. The standard InChI is InChI=1S/C10H6FN3O/c11-7-3-1-2-6-4-8(13-9(6)7)10-14-12-5-15-10/h1-5,13H. The van der Waals surface area contributed by atoms with Crippen LogP contribution in [0.1, 0.15) is 0 Å². The molecule has 74 valence electrons. The molecule has 0 fully saturated rings. The molecule has 2 heterocycles. The molecule has 0 aliphatic rings. The van der Waals surface area contributed by atoms with Crippen molar-refractivity contribution in [3.8, 4) is 11.6 Å². The van der Waals surface area contributed by atoms with Crippen molar-refractivity contribution in [2.75, 3.05) is 0 Å². The van der Waals surface area contributed by atoms with Crippen LogP contribution in [-0.4, -0.2) is 15.2 Å². The predicted octanol–water partition coefficient (Wildman–Crippen LogP) is 2.36. The molecule has 0 aliphatic carbocycles. The van der Waals surface area contributed by atoms with Gasteiger partial charge in [0.2, 0.25) is 6.39 Å². The third kappa shape index (κ3) is 1.20. The minimum Gasteiger partial charge on any atom is -0.422 e. The highest BCUT2D eigenvalue weighted by molar-refractivity contribution is 5.84. The number of aromatic nitrogens is 3. The van der Waals surface area contributed by atoms with E-state index in [4.69, 9.17) is 4.42 Å². The Morgan fingerprint density at radius 3 is 3.00 bits per heavy atom. The molecule has 0 aliphatic heterocycles. The zero-order valence-corrected chi connectivity index (χ0v) is 7.57. The van der Waals surface area contributed by atoms with E-state index in [2.05, 4.69) is 15.2 Å². The second kappa shape index (κ2) is 2.91. The molecule has 0 bridgehead atoms. The van der Waals surface area contributed by atoms with Crippen LogP contribution < -0.4 is 0 Å². The zero-order valence-electron chi connectivity index (χ0n) is 7.57. The molecular weight excluding hydrogens is 197 g/mol. The van der Waals surface area contributed by atoms with Crippen LogP contribution in [0.4, 0.5) is 4.39 Å². The van der Waals surface area contributed by atoms with E-state index >= 15 is 0 Å². The van der Waals surface area contributed by atoms with E-state index in [1.165, 1.54) is 12.5 Å². The Morgan fingerprint density at radius 1 is 1.33 bits per heavy atom. The van der Waals surface area contributed by atoms with Crippen LogP contribution in [0.3, 0.4) is 0 Å². The van der Waals surface area contributed by atoms with E-state index in [1.54, 1.807) is 12.1 Å². The molecule has 15 heavy (non-hydrogen) atoms. The minimum atomic E-state index is -0.293. The van der Waals surface area contributed by atoms with E-state index in [0.717, 1.165) is 5.39 Å². The summed E-state index contributed by atoms with van der Waals surface area (Å²) in [6.45, 7) is 0. The van der Waals surface area contributed by atoms with Gasteiger partial charge in [0, 0.05) is 5.39 Å². The van der Waals surface area contributed by atoms with E-state index < -0.39 is 0 Å². The maximum Gasteiger partial charge on any atom is 0.263 e. The zero-order chi connectivity index (χ0) is 10.3. The SMILES string of the molecule is Fc1cccc2cc(-c3nnco3)[nH]c12. The van der Waals surface area contributed by atoms with Gasteiger partial charge < -0.3 is 9.40 Å². The number of nitrogens with one attached hydrogen (secondary N) is 1. The first-order chi connectivity index (χ1) is 7.34. The van der Waals surface area contributed by atoms with Gasteiger partial charge in [0.1, 0.15) is 11.5 Å². The highest BCUT2D eigenvalue weighted by Gasteiger charge is 2.09. The number of H-pyrrole nitrogens is 1. The van der Waals surface area contributed by atoms with Crippen LogP contribution in [-0.2, 0) is 0 Å². The lowest BCUT2D eigenvalue weighted by Gasteiger charge is -1.89. The van der Waals surface area contributed by atoms with Crippen molar-refractivity contribution >= 4 is 10.9 Å². The quantitative estimate of drug-likeness (QED) is 0.660. The normalized spacial score (nSPS) is 11.0. The van der Waals surface area contributed by atoms with Crippen LogP contribution >= 0.6 is 0 Å². The number of halogens is 1. The average molecular weight is 203 g/mol. The molecular formula is C10H6FN3O. The molecule has 0 saturated heterocycles. The molecule has 0 spiro atoms. The van der Waals surface area contributed by atoms with Crippen LogP contribution in [0.15, 0.2) is 35.1 Å². The molecule has 0 unspecified atom stereocenters. The molecule has 3 rings (SSSR count). The molecule has 1 aromatic carbocycles. The largest absolute Gasteiger partial charge is 0.422 e. The number of nitrogens with zero attached hydrogens (tertiary/aromatic N) is 2. The van der Waals surface area contributed by atoms with Gasteiger partial charge in [-0.2, -0.15) is 0 Å². The maximum absolute atomic E-state index is 13.3. The van der Waals surface area contributed by atoms with Crippen molar-refractivity contribution in [2.24, 2.45) is 0 Å². The second-order valence-electron chi connectivity index (χ2n) is 3.13. The van der Waals surface area contributed by atoms with E-state index in [0.29, 0.717) is 17.1 Å². The summed E-state index contributed by atoms with van der Waals surface area (Å²) in [5, 5.41) is 8.08. The van der Waals surface area contributed by atoms with E-state index in [9.17, 15) is 4.39 Å². The van der Waals surface area contributed by atoms with Crippen molar-refractivity contribution in [1.29, 1.82) is 0 Å². The van der Waals surface area contributed by atoms with Gasteiger partial charge >= 0.3 is 0 Å². The van der Waals surface area contributed by atoms with Crippen molar-refractivity contribution in [1.82, 2.24) is 15.2 Å². The van der Waals surface area contributed by atoms with Crippen molar-refractivity contribution in [3.63, 3.8) is 0 Å². The Hall–Kier alpha value is -2.17. The fourth-order valence-electron chi connectivity index (χ4n) is 1.52. The molecule has 1 N–H and O–H groups in total. The topological polar surface area (TPSA) is 54.7 Å². The molecule has 2 aromatic heterocycles. The fraction of sp³-hybridized carbons (Fsp3) is 0. The van der Waals surface area contributed by atoms with Gasteiger partial charge in [-0.15, -0.1) is 10.2 Å². The van der Waals surface area contributed by atoms with Crippen LogP contribution in [0, 0.1) is 5.82 Å². The number of hydrogen-bond donors (Lipinski definition) is 1. The Kier molecular flexibility index (Phi) is 1.58. The summed E-state index contributed by atoms with van der Waals surface area (Å²) in [5.74, 6) is 0.0591. The Labute approximate surface area is 83.7 Å². The number of hydrogen-bond acceptors (Lipinski definition) is 3. The molecule has 0 atom stereocenters. The third-order valence-corrected chi connectivity index (χ3v) is 2.20. The summed E-state index contributed by atoms with van der Waals surface area (Å²) < 4.78 is 18.4. The van der Waals surface area contributed by atoms with Gasteiger partial charge in [-0.25, -0.2) is 4.39 Å². The Balaban J connectivity index is 2.27. The molecule has 0 radical (unpaired) electrons. The van der Waals surface area contributed by atoms with Gasteiger partial charge in [0.25, 0.3) is 5.89 Å². The minimum absolute atomic E-state index is 0.293. The maximum atomic E-state index is 13.3. The van der Waals surface area contributed by atoms with Crippen molar-refractivity contribution in [2.45, 2.75) is 0 Å². The Bertz CT molecular complexity index is 600. The van der Waals surface area contributed by atoms with Gasteiger partial charge in [-0.1, -0.05) is 12.1 Å². The highest BCUT2D eigenvalue weighted by Crippen LogP contribution is 2.23. The van der Waals surface area contributed by atoms with Crippen molar-refractivity contribution in [3.05, 3.63) is 36.5 Å². The summed E-state index contributed by atoms with van der Waals surface area (Å²) in [4.78, 5) is 2.90. The van der Waals surface area contributed by atoms with Crippen LogP contribution in [0.2, 0.25) is 0 Å². The monoisotopic (exact) mass is 203 g/mol. The first-order valence-corrected chi connectivity index (χ1v) is 4.38.